The first-order valence-electron chi connectivity index (χ1n) is 10.5. The number of rotatable bonds is 6. The smallest absolute Gasteiger partial charge is 0.257 e. The second kappa shape index (κ2) is 8.27. The zero-order valence-electron chi connectivity index (χ0n) is 17.1. The predicted molar refractivity (Wildman–Crippen MR) is 112 cm³/mol. The molecule has 29 heavy (non-hydrogen) atoms. The number of carbonyl (C=O) groups is 2. The maximum absolute atomic E-state index is 13.0. The van der Waals surface area contributed by atoms with Gasteiger partial charge in [0.15, 0.2) is 6.61 Å². The first-order chi connectivity index (χ1) is 14.1. The van der Waals surface area contributed by atoms with E-state index in [4.69, 9.17) is 4.74 Å². The molecular weight excluding hydrogens is 364 g/mol. The predicted octanol–water partition coefficient (Wildman–Crippen LogP) is 3.39. The number of nitrogens with one attached hydrogen (secondary N) is 1. The van der Waals surface area contributed by atoms with E-state index in [1.54, 1.807) is 0 Å². The summed E-state index contributed by atoms with van der Waals surface area (Å²) in [5.41, 5.74) is 4.65. The van der Waals surface area contributed by atoms with Gasteiger partial charge < -0.3 is 15.0 Å². The Kier molecular flexibility index (Phi) is 5.56. The number of likely N-dealkylation sites (N-methyl/N-ethyl adjacent to an activating group) is 1. The lowest BCUT2D eigenvalue weighted by atomic mass is 9.87. The zero-order valence-corrected chi connectivity index (χ0v) is 17.1. The van der Waals surface area contributed by atoms with Crippen molar-refractivity contribution in [3.8, 4) is 5.75 Å². The Labute approximate surface area is 172 Å². The van der Waals surface area contributed by atoms with Gasteiger partial charge in [-0.05, 0) is 61.9 Å². The molecule has 0 bridgehead atoms. The molecule has 1 aliphatic carbocycles. The van der Waals surface area contributed by atoms with E-state index in [1.165, 1.54) is 11.1 Å². The Morgan fingerprint density at radius 3 is 2.59 bits per heavy atom. The fourth-order valence-electron chi connectivity index (χ4n) is 3.99. The minimum Gasteiger partial charge on any atom is -0.484 e. The number of nitrogens with zero attached hydrogens (tertiary/aromatic N) is 1. The molecule has 1 N–H and O–H groups in total. The van der Waals surface area contributed by atoms with Gasteiger partial charge in [-0.15, -0.1) is 0 Å². The van der Waals surface area contributed by atoms with Crippen LogP contribution in [-0.4, -0.2) is 36.4 Å². The highest BCUT2D eigenvalue weighted by molar-refractivity contribution is 5.82. The van der Waals surface area contributed by atoms with Gasteiger partial charge in [0, 0.05) is 19.0 Å². The highest BCUT2D eigenvalue weighted by Gasteiger charge is 2.39. The molecule has 1 atom stereocenters. The van der Waals surface area contributed by atoms with Crippen LogP contribution in [0.3, 0.4) is 0 Å². The number of fused-ring (bicyclic) bond motifs is 1. The third-order valence-corrected chi connectivity index (χ3v) is 5.69. The van der Waals surface area contributed by atoms with Gasteiger partial charge >= 0.3 is 0 Å². The number of benzene rings is 2. The molecule has 2 aliphatic rings. The van der Waals surface area contributed by atoms with Crippen LogP contribution in [0.1, 0.15) is 48.1 Å². The summed E-state index contributed by atoms with van der Waals surface area (Å²) < 4.78 is 5.73. The molecule has 1 heterocycles. The lowest BCUT2D eigenvalue weighted by molar-refractivity contribution is -0.134. The molecule has 2 amide bonds. The SMILES string of the molecule is CCNC(=O)COc1ccc2c(c1)[C@@H](c1ccc(C)cc1)N(C(=O)C1CC1)CC2. The fraction of sp³-hybridized carbons (Fsp3) is 0.417. The lowest BCUT2D eigenvalue weighted by Crippen LogP contribution is -2.41. The highest BCUT2D eigenvalue weighted by atomic mass is 16.5. The maximum Gasteiger partial charge on any atom is 0.257 e. The average molecular weight is 392 g/mol. The van der Waals surface area contributed by atoms with E-state index in [0.717, 1.165) is 36.9 Å². The summed E-state index contributed by atoms with van der Waals surface area (Å²) in [6.45, 7) is 5.26. The van der Waals surface area contributed by atoms with E-state index in [-0.39, 0.29) is 30.4 Å². The van der Waals surface area contributed by atoms with Crippen LogP contribution >= 0.6 is 0 Å². The normalized spacial score (nSPS) is 18.1. The molecular formula is C24H28N2O3. The Bertz CT molecular complexity index is 903. The summed E-state index contributed by atoms with van der Waals surface area (Å²) in [5.74, 6) is 0.968. The van der Waals surface area contributed by atoms with Crippen LogP contribution in [0, 0.1) is 12.8 Å². The second-order valence-electron chi connectivity index (χ2n) is 7.97. The van der Waals surface area contributed by atoms with Crippen molar-refractivity contribution >= 4 is 11.8 Å². The molecule has 0 unspecified atom stereocenters. The molecule has 152 valence electrons. The summed E-state index contributed by atoms with van der Waals surface area (Å²) in [6.07, 6.45) is 2.84. The lowest BCUT2D eigenvalue weighted by Gasteiger charge is -2.38. The van der Waals surface area contributed by atoms with Crippen LogP contribution < -0.4 is 10.1 Å². The van der Waals surface area contributed by atoms with Crippen molar-refractivity contribution in [1.29, 1.82) is 0 Å². The van der Waals surface area contributed by atoms with Crippen molar-refractivity contribution in [2.24, 2.45) is 5.92 Å². The van der Waals surface area contributed by atoms with E-state index in [2.05, 4.69) is 42.6 Å². The minimum absolute atomic E-state index is 0.00740. The summed E-state index contributed by atoms with van der Waals surface area (Å²) in [6, 6.07) is 14.3. The van der Waals surface area contributed by atoms with Gasteiger partial charge in [0.1, 0.15) is 5.75 Å². The summed E-state index contributed by atoms with van der Waals surface area (Å²) in [7, 11) is 0. The molecule has 0 saturated heterocycles. The fourth-order valence-corrected chi connectivity index (χ4v) is 3.99. The first-order valence-corrected chi connectivity index (χ1v) is 10.5. The molecule has 0 aromatic heterocycles. The molecule has 4 rings (SSSR count). The van der Waals surface area contributed by atoms with Crippen molar-refractivity contribution < 1.29 is 14.3 Å². The monoisotopic (exact) mass is 392 g/mol. The number of hydrogen-bond acceptors (Lipinski definition) is 3. The highest BCUT2D eigenvalue weighted by Crippen LogP contribution is 2.41. The van der Waals surface area contributed by atoms with Crippen molar-refractivity contribution in [3.63, 3.8) is 0 Å². The van der Waals surface area contributed by atoms with Crippen LogP contribution in [0.25, 0.3) is 0 Å². The largest absolute Gasteiger partial charge is 0.484 e. The minimum atomic E-state index is -0.133. The number of hydrogen-bond donors (Lipinski definition) is 1. The number of amides is 2. The molecule has 1 saturated carbocycles. The first kappa shape index (κ1) is 19.5. The Morgan fingerprint density at radius 2 is 1.90 bits per heavy atom. The molecule has 0 radical (unpaired) electrons. The third kappa shape index (κ3) is 4.29. The summed E-state index contributed by atoms with van der Waals surface area (Å²) in [5, 5.41) is 2.74. The molecule has 2 aromatic carbocycles. The quantitative estimate of drug-likeness (QED) is 0.820. The molecule has 2 aromatic rings. The average Bonchev–Trinajstić information content (AvgIpc) is 3.57. The molecule has 5 nitrogen and oxygen atoms in total. The number of ether oxygens (including phenoxy) is 1. The van der Waals surface area contributed by atoms with Crippen LogP contribution in [0.2, 0.25) is 0 Å². The number of carbonyl (C=O) groups excluding carboxylic acids is 2. The molecule has 1 fully saturated rings. The Morgan fingerprint density at radius 1 is 1.14 bits per heavy atom. The van der Waals surface area contributed by atoms with Crippen molar-refractivity contribution in [1.82, 2.24) is 10.2 Å². The molecule has 0 spiro atoms. The summed E-state index contributed by atoms with van der Waals surface area (Å²) in [4.78, 5) is 26.8. The van der Waals surface area contributed by atoms with E-state index in [0.29, 0.717) is 12.3 Å². The molecule has 5 heteroatoms. The zero-order chi connectivity index (χ0) is 20.4. The summed E-state index contributed by atoms with van der Waals surface area (Å²) >= 11 is 0. The topological polar surface area (TPSA) is 58.6 Å². The van der Waals surface area contributed by atoms with Gasteiger partial charge in [-0.25, -0.2) is 0 Å². The Balaban J connectivity index is 1.66. The van der Waals surface area contributed by atoms with Gasteiger partial charge in [-0.2, -0.15) is 0 Å². The van der Waals surface area contributed by atoms with Gasteiger partial charge in [-0.3, -0.25) is 9.59 Å². The molecule has 1 aliphatic heterocycles. The maximum atomic E-state index is 13.0. The van der Waals surface area contributed by atoms with Gasteiger partial charge in [0.2, 0.25) is 5.91 Å². The number of aryl methyl sites for hydroxylation is 1. The van der Waals surface area contributed by atoms with E-state index >= 15 is 0 Å². The second-order valence-corrected chi connectivity index (χ2v) is 7.97. The van der Waals surface area contributed by atoms with E-state index in [9.17, 15) is 9.59 Å². The van der Waals surface area contributed by atoms with Crippen LogP contribution in [0.4, 0.5) is 0 Å². The van der Waals surface area contributed by atoms with Crippen molar-refractivity contribution in [3.05, 3.63) is 64.7 Å². The van der Waals surface area contributed by atoms with Crippen molar-refractivity contribution in [2.45, 2.75) is 39.2 Å². The van der Waals surface area contributed by atoms with Crippen LogP contribution in [-0.2, 0) is 16.0 Å². The Hall–Kier alpha value is -2.82. The van der Waals surface area contributed by atoms with Gasteiger partial charge in [-0.1, -0.05) is 35.9 Å². The van der Waals surface area contributed by atoms with Crippen LogP contribution in [0.15, 0.2) is 42.5 Å². The van der Waals surface area contributed by atoms with Crippen molar-refractivity contribution in [2.75, 3.05) is 19.7 Å². The van der Waals surface area contributed by atoms with Crippen LogP contribution in [0.5, 0.6) is 5.75 Å². The third-order valence-electron chi connectivity index (χ3n) is 5.69. The van der Waals surface area contributed by atoms with Gasteiger partial charge in [0.25, 0.3) is 5.91 Å². The standard InChI is InChI=1S/C24H28N2O3/c1-3-25-22(27)15-29-20-11-10-17-12-13-26(24(28)19-8-9-19)23(21(17)14-20)18-6-4-16(2)5-7-18/h4-7,10-11,14,19,23H,3,8-9,12-13,15H2,1-2H3,(H,25,27)/t23-/m1/s1. The van der Waals surface area contributed by atoms with E-state index in [1.807, 2.05) is 24.0 Å². The van der Waals surface area contributed by atoms with E-state index < -0.39 is 0 Å². The van der Waals surface area contributed by atoms with Gasteiger partial charge in [0.05, 0.1) is 6.04 Å².